The molecule has 2 nitrogen and oxygen atoms in total. The zero-order valence-electron chi connectivity index (χ0n) is 14.3. The molecule has 0 spiro atoms. The average molecular weight is 284 g/mol. The molecule has 0 fully saturated rings. The molecule has 0 saturated heterocycles. The van der Waals surface area contributed by atoms with Crippen LogP contribution in [0.4, 0.5) is 0 Å². The molecule has 0 atom stereocenters. The Morgan fingerprint density at radius 2 is 0.900 bits per heavy atom. The smallest absolute Gasteiger partial charge is 0.132 e. The van der Waals surface area contributed by atoms with E-state index in [0.29, 0.717) is 24.4 Å². The summed E-state index contributed by atoms with van der Waals surface area (Å²) >= 11 is 0. The summed E-state index contributed by atoms with van der Waals surface area (Å²) in [6, 6.07) is 0. The van der Waals surface area contributed by atoms with Gasteiger partial charge in [0.25, 0.3) is 0 Å². The average Bonchev–Trinajstić information content (AvgIpc) is 2.48. The number of carbonyl (C=O) groups excluding carboxylic acids is 2. The first kappa shape index (κ1) is 21.6. The number of hydrogen-bond donors (Lipinski definition) is 0. The van der Waals surface area contributed by atoms with Gasteiger partial charge < -0.3 is 0 Å². The van der Waals surface area contributed by atoms with Gasteiger partial charge in [-0.1, -0.05) is 66.2 Å². The monoisotopic (exact) mass is 284 g/mol. The third-order valence-electron chi connectivity index (χ3n) is 3.41. The normalized spacial score (nSPS) is 9.80. The second-order valence-electron chi connectivity index (χ2n) is 5.41. The number of unbranched alkanes of at least 4 members (excludes halogenated alkanes) is 6. The van der Waals surface area contributed by atoms with E-state index in [0.717, 1.165) is 25.7 Å². The topological polar surface area (TPSA) is 34.1 Å². The molecule has 0 amide bonds. The first-order valence-corrected chi connectivity index (χ1v) is 8.65. The number of rotatable bonds is 12. The summed E-state index contributed by atoms with van der Waals surface area (Å²) in [4.78, 5) is 21.5. The van der Waals surface area contributed by atoms with Gasteiger partial charge >= 0.3 is 0 Å². The minimum atomic E-state index is 0.413. The van der Waals surface area contributed by atoms with Crippen LogP contribution in [0.15, 0.2) is 0 Å². The van der Waals surface area contributed by atoms with Crippen LogP contribution >= 0.6 is 0 Å². The SMILES string of the molecule is CCCCCCC(=O)CC.CCCCCCC(=O)CC. The molecule has 0 aliphatic carbocycles. The lowest BCUT2D eigenvalue weighted by molar-refractivity contribution is -0.119. The van der Waals surface area contributed by atoms with E-state index in [9.17, 15) is 9.59 Å². The molecule has 0 bridgehead atoms. The molecule has 0 aromatic heterocycles. The van der Waals surface area contributed by atoms with Gasteiger partial charge in [0.1, 0.15) is 11.6 Å². The number of carbonyl (C=O) groups is 2. The maximum atomic E-state index is 10.8. The zero-order valence-corrected chi connectivity index (χ0v) is 14.3. The predicted octanol–water partition coefficient (Wildman–Crippen LogP) is 5.87. The van der Waals surface area contributed by atoms with Gasteiger partial charge in [-0.15, -0.1) is 0 Å². The van der Waals surface area contributed by atoms with Gasteiger partial charge in [-0.2, -0.15) is 0 Å². The molecule has 0 heterocycles. The Labute approximate surface area is 126 Å². The van der Waals surface area contributed by atoms with Crippen molar-refractivity contribution in [3.8, 4) is 0 Å². The third-order valence-corrected chi connectivity index (χ3v) is 3.41. The van der Waals surface area contributed by atoms with Gasteiger partial charge in [-0.05, 0) is 12.8 Å². The van der Waals surface area contributed by atoms with Gasteiger partial charge in [0.2, 0.25) is 0 Å². The number of ketones is 2. The van der Waals surface area contributed by atoms with Crippen molar-refractivity contribution < 1.29 is 9.59 Å². The summed E-state index contributed by atoms with van der Waals surface area (Å²) in [5, 5.41) is 0. The lowest BCUT2D eigenvalue weighted by Gasteiger charge is -1.96. The summed E-state index contributed by atoms with van der Waals surface area (Å²) < 4.78 is 0. The Kier molecular flexibility index (Phi) is 19.8. The van der Waals surface area contributed by atoms with E-state index in [4.69, 9.17) is 0 Å². The first-order valence-electron chi connectivity index (χ1n) is 8.65. The second-order valence-corrected chi connectivity index (χ2v) is 5.41. The van der Waals surface area contributed by atoms with E-state index in [1.165, 1.54) is 38.5 Å². The molecule has 0 radical (unpaired) electrons. The summed E-state index contributed by atoms with van der Waals surface area (Å²) in [5.74, 6) is 0.826. The van der Waals surface area contributed by atoms with Crippen molar-refractivity contribution in [2.45, 2.75) is 105 Å². The Balaban J connectivity index is 0. The van der Waals surface area contributed by atoms with Gasteiger partial charge in [0, 0.05) is 25.7 Å². The van der Waals surface area contributed by atoms with Crippen LogP contribution in [0.5, 0.6) is 0 Å². The Morgan fingerprint density at radius 3 is 1.15 bits per heavy atom. The highest BCUT2D eigenvalue weighted by atomic mass is 16.1. The summed E-state index contributed by atoms with van der Waals surface area (Å²) in [6.45, 7) is 8.23. The maximum Gasteiger partial charge on any atom is 0.132 e. The predicted molar refractivity (Wildman–Crippen MR) is 88.1 cm³/mol. The minimum absolute atomic E-state index is 0.413. The molecule has 0 aliphatic heterocycles. The Morgan fingerprint density at radius 1 is 0.550 bits per heavy atom. The molecule has 0 aromatic rings. The molecule has 0 N–H and O–H groups in total. The standard InChI is InChI=1S/2C9H18O/c2*1-3-5-6-7-8-9(10)4-2/h2*3-8H2,1-2H3. The van der Waals surface area contributed by atoms with Crippen molar-refractivity contribution in [2.75, 3.05) is 0 Å². The van der Waals surface area contributed by atoms with Crippen molar-refractivity contribution in [2.24, 2.45) is 0 Å². The van der Waals surface area contributed by atoms with E-state index >= 15 is 0 Å². The van der Waals surface area contributed by atoms with Crippen molar-refractivity contribution in [1.82, 2.24) is 0 Å². The molecular formula is C18H36O2. The largest absolute Gasteiger partial charge is 0.300 e. The molecule has 0 unspecified atom stereocenters. The number of Topliss-reactive ketones (excluding diaryl/α,β-unsaturated/α-hetero) is 2. The Hall–Kier alpha value is -0.660. The van der Waals surface area contributed by atoms with E-state index in [-0.39, 0.29) is 0 Å². The quantitative estimate of drug-likeness (QED) is 0.420. The molecule has 0 rings (SSSR count). The van der Waals surface area contributed by atoms with Gasteiger partial charge in [0.05, 0.1) is 0 Å². The van der Waals surface area contributed by atoms with E-state index < -0.39 is 0 Å². The van der Waals surface area contributed by atoms with Crippen LogP contribution in [0.25, 0.3) is 0 Å². The van der Waals surface area contributed by atoms with Gasteiger partial charge in [-0.3, -0.25) is 9.59 Å². The fourth-order valence-electron chi connectivity index (χ4n) is 1.85. The van der Waals surface area contributed by atoms with E-state index in [1.807, 2.05) is 13.8 Å². The van der Waals surface area contributed by atoms with Crippen LogP contribution in [-0.2, 0) is 9.59 Å². The van der Waals surface area contributed by atoms with Crippen LogP contribution in [-0.4, -0.2) is 11.6 Å². The fourth-order valence-corrected chi connectivity index (χ4v) is 1.85. The maximum absolute atomic E-state index is 10.8. The fraction of sp³-hybridized carbons (Fsp3) is 0.889. The lowest BCUT2D eigenvalue weighted by Crippen LogP contribution is -1.93. The lowest BCUT2D eigenvalue weighted by atomic mass is 10.1. The van der Waals surface area contributed by atoms with E-state index in [1.54, 1.807) is 0 Å². The molecule has 2 heteroatoms. The van der Waals surface area contributed by atoms with Crippen LogP contribution < -0.4 is 0 Å². The van der Waals surface area contributed by atoms with Gasteiger partial charge in [-0.25, -0.2) is 0 Å². The highest BCUT2D eigenvalue weighted by Gasteiger charge is 1.96. The summed E-state index contributed by atoms with van der Waals surface area (Å²) in [6.07, 6.45) is 12.7. The van der Waals surface area contributed by atoms with Crippen LogP contribution in [0, 0.1) is 0 Å². The van der Waals surface area contributed by atoms with Crippen LogP contribution in [0.2, 0.25) is 0 Å². The van der Waals surface area contributed by atoms with Crippen LogP contribution in [0.3, 0.4) is 0 Å². The molecule has 0 saturated carbocycles. The van der Waals surface area contributed by atoms with Crippen LogP contribution in [0.1, 0.15) is 105 Å². The Bertz CT molecular complexity index is 197. The highest BCUT2D eigenvalue weighted by molar-refractivity contribution is 5.78. The van der Waals surface area contributed by atoms with Gasteiger partial charge in [0.15, 0.2) is 0 Å². The molecular weight excluding hydrogens is 248 g/mol. The number of hydrogen-bond acceptors (Lipinski definition) is 2. The minimum Gasteiger partial charge on any atom is -0.300 e. The van der Waals surface area contributed by atoms with Crippen molar-refractivity contribution >= 4 is 11.6 Å². The summed E-state index contributed by atoms with van der Waals surface area (Å²) in [5.41, 5.74) is 0. The van der Waals surface area contributed by atoms with Crippen molar-refractivity contribution in [1.29, 1.82) is 0 Å². The first-order chi connectivity index (χ1) is 9.62. The second kappa shape index (κ2) is 18.3. The zero-order chi connectivity index (χ0) is 15.6. The molecule has 120 valence electrons. The highest BCUT2D eigenvalue weighted by Crippen LogP contribution is 2.04. The molecule has 20 heavy (non-hydrogen) atoms. The summed E-state index contributed by atoms with van der Waals surface area (Å²) in [7, 11) is 0. The van der Waals surface area contributed by atoms with Crippen molar-refractivity contribution in [3.63, 3.8) is 0 Å². The third kappa shape index (κ3) is 19.7. The molecule has 0 aliphatic rings. The van der Waals surface area contributed by atoms with Crippen molar-refractivity contribution in [3.05, 3.63) is 0 Å². The van der Waals surface area contributed by atoms with E-state index in [2.05, 4.69) is 13.8 Å². The molecule has 0 aromatic carbocycles.